The molecule has 0 bridgehead atoms. The Hall–Kier alpha value is -2.37. The van der Waals surface area contributed by atoms with E-state index in [0.29, 0.717) is 23.3 Å². The second-order valence-corrected chi connectivity index (χ2v) is 5.95. The van der Waals surface area contributed by atoms with Gasteiger partial charge in [0.05, 0.1) is 0 Å². The fourth-order valence-electron chi connectivity index (χ4n) is 2.03. The van der Waals surface area contributed by atoms with Crippen molar-refractivity contribution in [2.24, 2.45) is 0 Å². The quantitative estimate of drug-likeness (QED) is 0.938. The van der Waals surface area contributed by atoms with Crippen molar-refractivity contribution in [3.63, 3.8) is 0 Å². The van der Waals surface area contributed by atoms with Gasteiger partial charge in [0.25, 0.3) is 0 Å². The van der Waals surface area contributed by atoms with E-state index in [0.717, 1.165) is 18.4 Å². The molecule has 116 valence electrons. The second kappa shape index (κ2) is 5.79. The molecule has 0 atom stereocenters. The van der Waals surface area contributed by atoms with E-state index in [1.807, 2.05) is 38.1 Å². The number of amides is 2. The fraction of sp³-hybridized carbons (Fsp3) is 0.438. The summed E-state index contributed by atoms with van der Waals surface area (Å²) < 4.78 is 5.28. The molecular formula is C16H20N4O2. The molecule has 1 N–H and O–H groups in total. The van der Waals surface area contributed by atoms with Gasteiger partial charge in [-0.05, 0) is 38.8 Å². The SMILES string of the molecule is CC(C)N(C)C(=O)Nc1cccc(-c2noc(C3CC3)n2)c1. The molecule has 0 saturated heterocycles. The van der Waals surface area contributed by atoms with Crippen LogP contribution in [0.15, 0.2) is 28.8 Å². The molecular weight excluding hydrogens is 280 g/mol. The zero-order valence-corrected chi connectivity index (χ0v) is 13.0. The predicted octanol–water partition coefficient (Wildman–Crippen LogP) is 3.49. The minimum Gasteiger partial charge on any atom is -0.339 e. The average Bonchev–Trinajstić information content (AvgIpc) is 3.24. The Morgan fingerprint density at radius 2 is 2.18 bits per heavy atom. The predicted molar refractivity (Wildman–Crippen MR) is 83.6 cm³/mol. The Morgan fingerprint density at radius 3 is 2.86 bits per heavy atom. The summed E-state index contributed by atoms with van der Waals surface area (Å²) in [6.07, 6.45) is 2.25. The van der Waals surface area contributed by atoms with E-state index in [1.165, 1.54) is 0 Å². The summed E-state index contributed by atoms with van der Waals surface area (Å²) in [6, 6.07) is 7.47. The van der Waals surface area contributed by atoms with Crippen molar-refractivity contribution in [3.05, 3.63) is 30.2 Å². The summed E-state index contributed by atoms with van der Waals surface area (Å²) in [7, 11) is 1.77. The van der Waals surface area contributed by atoms with Gasteiger partial charge in [-0.3, -0.25) is 0 Å². The van der Waals surface area contributed by atoms with Crippen molar-refractivity contribution in [2.45, 2.75) is 38.6 Å². The van der Waals surface area contributed by atoms with E-state index < -0.39 is 0 Å². The van der Waals surface area contributed by atoms with Crippen molar-refractivity contribution >= 4 is 11.7 Å². The van der Waals surface area contributed by atoms with Crippen LogP contribution in [0, 0.1) is 0 Å². The van der Waals surface area contributed by atoms with Crippen molar-refractivity contribution in [1.82, 2.24) is 15.0 Å². The monoisotopic (exact) mass is 300 g/mol. The van der Waals surface area contributed by atoms with Crippen molar-refractivity contribution in [2.75, 3.05) is 12.4 Å². The third-order valence-electron chi connectivity index (χ3n) is 3.84. The first kappa shape index (κ1) is 14.6. The van der Waals surface area contributed by atoms with Gasteiger partial charge in [-0.15, -0.1) is 0 Å². The van der Waals surface area contributed by atoms with Crippen molar-refractivity contribution in [3.8, 4) is 11.4 Å². The smallest absolute Gasteiger partial charge is 0.321 e. The molecule has 1 heterocycles. The molecule has 6 heteroatoms. The van der Waals surface area contributed by atoms with E-state index in [4.69, 9.17) is 4.52 Å². The third-order valence-corrected chi connectivity index (χ3v) is 3.84. The summed E-state index contributed by atoms with van der Waals surface area (Å²) >= 11 is 0. The molecule has 1 saturated carbocycles. The highest BCUT2D eigenvalue weighted by Gasteiger charge is 2.29. The maximum absolute atomic E-state index is 12.1. The van der Waals surface area contributed by atoms with E-state index >= 15 is 0 Å². The normalized spacial score (nSPS) is 14.2. The first-order valence-electron chi connectivity index (χ1n) is 7.52. The van der Waals surface area contributed by atoms with Gasteiger partial charge >= 0.3 is 6.03 Å². The summed E-state index contributed by atoms with van der Waals surface area (Å²) in [5, 5.41) is 6.90. The van der Waals surface area contributed by atoms with Gasteiger partial charge in [-0.25, -0.2) is 4.79 Å². The number of carbonyl (C=O) groups excluding carboxylic acids is 1. The number of rotatable bonds is 4. The highest BCUT2D eigenvalue weighted by molar-refractivity contribution is 5.90. The molecule has 1 aromatic heterocycles. The van der Waals surface area contributed by atoms with E-state index in [9.17, 15) is 4.79 Å². The number of anilines is 1. The van der Waals surface area contributed by atoms with Gasteiger partial charge in [0.15, 0.2) is 0 Å². The van der Waals surface area contributed by atoms with Crippen molar-refractivity contribution < 1.29 is 9.32 Å². The van der Waals surface area contributed by atoms with Crippen LogP contribution in [-0.4, -0.2) is 34.2 Å². The number of nitrogens with zero attached hydrogens (tertiary/aromatic N) is 3. The number of hydrogen-bond donors (Lipinski definition) is 1. The maximum atomic E-state index is 12.1. The van der Waals surface area contributed by atoms with Crippen LogP contribution in [-0.2, 0) is 0 Å². The lowest BCUT2D eigenvalue weighted by atomic mass is 10.2. The standard InChI is InChI=1S/C16H20N4O2/c1-10(2)20(3)16(21)17-13-6-4-5-12(9-13)14-18-15(22-19-14)11-7-8-11/h4-6,9-11H,7-8H2,1-3H3,(H,17,21). The van der Waals surface area contributed by atoms with E-state index in [1.54, 1.807) is 11.9 Å². The summed E-state index contributed by atoms with van der Waals surface area (Å²) in [4.78, 5) is 18.1. The Kier molecular flexibility index (Phi) is 3.83. The molecule has 0 aliphatic heterocycles. The number of urea groups is 1. The third kappa shape index (κ3) is 3.10. The van der Waals surface area contributed by atoms with Gasteiger partial charge in [0.1, 0.15) is 0 Å². The number of nitrogens with one attached hydrogen (secondary N) is 1. The number of benzene rings is 1. The summed E-state index contributed by atoms with van der Waals surface area (Å²) in [5.41, 5.74) is 1.55. The van der Waals surface area contributed by atoms with Crippen LogP contribution in [0.5, 0.6) is 0 Å². The molecule has 6 nitrogen and oxygen atoms in total. The molecule has 2 aromatic rings. The average molecular weight is 300 g/mol. The summed E-state index contributed by atoms with van der Waals surface area (Å²) in [6.45, 7) is 3.93. The van der Waals surface area contributed by atoms with Crippen LogP contribution in [0.1, 0.15) is 38.5 Å². The molecule has 22 heavy (non-hydrogen) atoms. The first-order chi connectivity index (χ1) is 10.5. The highest BCUT2D eigenvalue weighted by Crippen LogP contribution is 2.39. The molecule has 1 aliphatic rings. The van der Waals surface area contributed by atoms with Crippen LogP contribution in [0.25, 0.3) is 11.4 Å². The van der Waals surface area contributed by atoms with Gasteiger partial charge in [-0.2, -0.15) is 4.98 Å². The van der Waals surface area contributed by atoms with Crippen LogP contribution >= 0.6 is 0 Å². The van der Waals surface area contributed by atoms with Crippen LogP contribution in [0.4, 0.5) is 10.5 Å². The number of carbonyl (C=O) groups is 1. The lowest BCUT2D eigenvalue weighted by Gasteiger charge is -2.21. The molecule has 1 aromatic carbocycles. The molecule has 0 radical (unpaired) electrons. The van der Waals surface area contributed by atoms with Gasteiger partial charge < -0.3 is 14.7 Å². The largest absolute Gasteiger partial charge is 0.339 e. The highest BCUT2D eigenvalue weighted by atomic mass is 16.5. The lowest BCUT2D eigenvalue weighted by Crippen LogP contribution is -2.36. The van der Waals surface area contributed by atoms with E-state index in [2.05, 4.69) is 15.5 Å². The van der Waals surface area contributed by atoms with E-state index in [-0.39, 0.29) is 12.1 Å². The Balaban J connectivity index is 1.75. The van der Waals surface area contributed by atoms with Crippen molar-refractivity contribution in [1.29, 1.82) is 0 Å². The minimum absolute atomic E-state index is 0.140. The zero-order chi connectivity index (χ0) is 15.7. The first-order valence-corrected chi connectivity index (χ1v) is 7.52. The van der Waals surface area contributed by atoms with Gasteiger partial charge in [0.2, 0.25) is 11.7 Å². The summed E-state index contributed by atoms with van der Waals surface area (Å²) in [5.74, 6) is 1.71. The lowest BCUT2D eigenvalue weighted by molar-refractivity contribution is 0.211. The molecule has 1 fully saturated rings. The Morgan fingerprint density at radius 1 is 1.41 bits per heavy atom. The van der Waals surface area contributed by atoms with Crippen LogP contribution in [0.2, 0.25) is 0 Å². The molecule has 3 rings (SSSR count). The Labute approximate surface area is 129 Å². The zero-order valence-electron chi connectivity index (χ0n) is 13.0. The van der Waals surface area contributed by atoms with Gasteiger partial charge in [-0.1, -0.05) is 17.3 Å². The van der Waals surface area contributed by atoms with Crippen LogP contribution in [0.3, 0.4) is 0 Å². The number of hydrogen-bond acceptors (Lipinski definition) is 4. The van der Waals surface area contributed by atoms with Gasteiger partial charge in [0, 0.05) is 30.3 Å². The van der Waals surface area contributed by atoms with Crippen LogP contribution < -0.4 is 5.32 Å². The molecule has 1 aliphatic carbocycles. The minimum atomic E-state index is -0.140. The molecule has 0 spiro atoms. The number of aromatic nitrogens is 2. The maximum Gasteiger partial charge on any atom is 0.321 e. The fourth-order valence-corrected chi connectivity index (χ4v) is 2.03. The Bertz CT molecular complexity index is 676. The molecule has 2 amide bonds. The second-order valence-electron chi connectivity index (χ2n) is 5.95. The topological polar surface area (TPSA) is 71.3 Å². The molecule has 0 unspecified atom stereocenters.